The third-order valence-corrected chi connectivity index (χ3v) is 7.10. The predicted octanol–water partition coefficient (Wildman–Crippen LogP) is 4.52. The highest BCUT2D eigenvalue weighted by atomic mass is 32.2. The highest BCUT2D eigenvalue weighted by molar-refractivity contribution is 7.97. The fraction of sp³-hybridized carbons (Fsp3) is 0.474. The minimum absolute atomic E-state index is 0.0627. The lowest BCUT2D eigenvalue weighted by molar-refractivity contribution is -0.105. The Morgan fingerprint density at radius 2 is 1.91 bits per heavy atom. The summed E-state index contributed by atoms with van der Waals surface area (Å²) in [5.41, 5.74) is 0. The molecule has 2 saturated heterocycles. The van der Waals surface area contributed by atoms with E-state index in [2.05, 4.69) is 36.4 Å². The monoisotopic (exact) mass is 315 g/mol. The van der Waals surface area contributed by atoms with Gasteiger partial charge in [-0.3, -0.25) is 0 Å². The molecule has 0 N–H and O–H groups in total. The average molecular weight is 315 g/mol. The fourth-order valence-electron chi connectivity index (χ4n) is 3.38. The summed E-state index contributed by atoms with van der Waals surface area (Å²) in [6.07, 6.45) is 6.06. The number of ether oxygens (including phenoxy) is 2. The summed E-state index contributed by atoms with van der Waals surface area (Å²) in [5, 5.41) is 2.70. The van der Waals surface area contributed by atoms with Crippen molar-refractivity contribution in [1.82, 2.24) is 0 Å². The van der Waals surface area contributed by atoms with Crippen molar-refractivity contribution in [2.75, 3.05) is 18.1 Å². The molecular formula is C19H23O2S+. The largest absolute Gasteiger partial charge is 0.465 e. The lowest BCUT2D eigenvalue weighted by atomic mass is 10.1. The van der Waals surface area contributed by atoms with Crippen LogP contribution in [0.1, 0.15) is 32.1 Å². The topological polar surface area (TPSA) is 18.5 Å². The molecule has 116 valence electrons. The summed E-state index contributed by atoms with van der Waals surface area (Å²) in [4.78, 5) is 1.53. The van der Waals surface area contributed by atoms with Gasteiger partial charge in [0.05, 0.1) is 6.61 Å². The first-order valence-electron chi connectivity index (χ1n) is 8.39. The molecule has 4 rings (SSSR count). The molecule has 0 amide bonds. The molecule has 0 saturated carbocycles. The lowest BCUT2D eigenvalue weighted by Gasteiger charge is -2.23. The van der Waals surface area contributed by atoms with Gasteiger partial charge in [0.25, 0.3) is 0 Å². The number of benzene rings is 2. The van der Waals surface area contributed by atoms with Crippen molar-refractivity contribution in [1.29, 1.82) is 0 Å². The Labute approximate surface area is 135 Å². The van der Waals surface area contributed by atoms with Crippen LogP contribution in [0.15, 0.2) is 41.3 Å². The minimum Gasteiger partial charge on any atom is -0.465 e. The zero-order valence-corrected chi connectivity index (χ0v) is 13.7. The second kappa shape index (κ2) is 6.51. The zero-order chi connectivity index (χ0) is 14.8. The van der Waals surface area contributed by atoms with E-state index in [0.29, 0.717) is 10.9 Å². The van der Waals surface area contributed by atoms with Crippen LogP contribution in [0.3, 0.4) is 0 Å². The van der Waals surface area contributed by atoms with Crippen molar-refractivity contribution >= 4 is 21.7 Å². The maximum atomic E-state index is 6.06. The summed E-state index contributed by atoms with van der Waals surface area (Å²) in [5.74, 6) is 3.67. The van der Waals surface area contributed by atoms with E-state index >= 15 is 0 Å². The van der Waals surface area contributed by atoms with Crippen LogP contribution in [0.25, 0.3) is 10.8 Å². The van der Waals surface area contributed by atoms with Crippen molar-refractivity contribution < 1.29 is 9.47 Å². The standard InChI is InChI=1S/C19H23O2S/c1-2-11-20-19(8-1)21-16-10-9-15-6-5-7-18(17(15)14-16)22-12-3-4-13-22/h5-7,9-10,14,19H,1-4,8,11-13H2/q+1. The molecule has 22 heavy (non-hydrogen) atoms. The van der Waals surface area contributed by atoms with Crippen LogP contribution in [-0.4, -0.2) is 24.4 Å². The quantitative estimate of drug-likeness (QED) is 0.776. The van der Waals surface area contributed by atoms with Crippen LogP contribution in [-0.2, 0) is 15.6 Å². The van der Waals surface area contributed by atoms with Crippen molar-refractivity contribution in [2.45, 2.75) is 43.3 Å². The van der Waals surface area contributed by atoms with Gasteiger partial charge in [0.2, 0.25) is 0 Å². The van der Waals surface area contributed by atoms with Gasteiger partial charge in [0.15, 0.2) is 11.2 Å². The molecular weight excluding hydrogens is 292 g/mol. The molecule has 2 aromatic carbocycles. The van der Waals surface area contributed by atoms with Crippen LogP contribution in [0.2, 0.25) is 0 Å². The summed E-state index contributed by atoms with van der Waals surface area (Å²) in [6.45, 7) is 0.826. The van der Waals surface area contributed by atoms with Gasteiger partial charge >= 0.3 is 0 Å². The molecule has 0 radical (unpaired) electrons. The van der Waals surface area contributed by atoms with Crippen molar-refractivity contribution in [3.05, 3.63) is 36.4 Å². The second-order valence-electron chi connectivity index (χ2n) is 6.16. The zero-order valence-electron chi connectivity index (χ0n) is 12.9. The number of rotatable bonds is 3. The van der Waals surface area contributed by atoms with Gasteiger partial charge in [0, 0.05) is 22.7 Å². The SMILES string of the molecule is c1cc([S+]2CCCC2)c2cc(OC3CCCCO3)ccc2c1. The molecule has 0 aromatic heterocycles. The van der Waals surface area contributed by atoms with Gasteiger partial charge in [-0.25, -0.2) is 0 Å². The molecule has 0 aliphatic carbocycles. The molecule has 0 bridgehead atoms. The second-order valence-corrected chi connectivity index (χ2v) is 8.40. The fourth-order valence-corrected chi connectivity index (χ4v) is 5.89. The Hall–Kier alpha value is -1.19. The summed E-state index contributed by atoms with van der Waals surface area (Å²) < 4.78 is 11.8. The van der Waals surface area contributed by atoms with E-state index in [1.54, 1.807) is 0 Å². The van der Waals surface area contributed by atoms with E-state index in [1.807, 2.05) is 0 Å². The van der Waals surface area contributed by atoms with E-state index in [1.165, 1.54) is 46.4 Å². The third-order valence-electron chi connectivity index (χ3n) is 4.56. The van der Waals surface area contributed by atoms with E-state index in [9.17, 15) is 0 Å². The lowest BCUT2D eigenvalue weighted by Crippen LogP contribution is -2.24. The molecule has 2 nitrogen and oxygen atoms in total. The minimum atomic E-state index is -0.0627. The predicted molar refractivity (Wildman–Crippen MR) is 92.8 cm³/mol. The Kier molecular flexibility index (Phi) is 4.26. The molecule has 2 fully saturated rings. The van der Waals surface area contributed by atoms with E-state index < -0.39 is 0 Å². The van der Waals surface area contributed by atoms with E-state index in [4.69, 9.17) is 9.47 Å². The maximum absolute atomic E-state index is 6.06. The molecule has 1 unspecified atom stereocenters. The highest BCUT2D eigenvalue weighted by Gasteiger charge is 2.28. The van der Waals surface area contributed by atoms with Gasteiger partial charge < -0.3 is 9.47 Å². The van der Waals surface area contributed by atoms with Gasteiger partial charge in [0.1, 0.15) is 17.3 Å². The summed E-state index contributed by atoms with van der Waals surface area (Å²) in [6, 6.07) is 13.2. The third kappa shape index (κ3) is 2.97. The van der Waals surface area contributed by atoms with Crippen LogP contribution < -0.4 is 4.74 Å². The van der Waals surface area contributed by atoms with Gasteiger partial charge in [-0.05, 0) is 49.3 Å². The van der Waals surface area contributed by atoms with Gasteiger partial charge in [-0.1, -0.05) is 18.2 Å². The van der Waals surface area contributed by atoms with E-state index in [0.717, 1.165) is 25.2 Å². The number of hydrogen-bond acceptors (Lipinski definition) is 2. The normalized spacial score (nSPS) is 23.0. The maximum Gasteiger partial charge on any atom is 0.199 e. The Morgan fingerprint density at radius 1 is 1.00 bits per heavy atom. The molecule has 2 aliphatic rings. The van der Waals surface area contributed by atoms with Gasteiger partial charge in [-0.15, -0.1) is 0 Å². The summed E-state index contributed by atoms with van der Waals surface area (Å²) >= 11 is 0. The van der Waals surface area contributed by atoms with Crippen molar-refractivity contribution in [2.24, 2.45) is 0 Å². The molecule has 0 spiro atoms. The van der Waals surface area contributed by atoms with Crippen molar-refractivity contribution in [3.63, 3.8) is 0 Å². The Balaban J connectivity index is 1.64. The highest BCUT2D eigenvalue weighted by Crippen LogP contribution is 2.32. The molecule has 1 atom stereocenters. The Morgan fingerprint density at radius 3 is 2.73 bits per heavy atom. The van der Waals surface area contributed by atoms with Gasteiger partial charge in [-0.2, -0.15) is 0 Å². The average Bonchev–Trinajstić information content (AvgIpc) is 3.09. The first-order chi connectivity index (χ1) is 10.9. The number of hydrogen-bond donors (Lipinski definition) is 0. The van der Waals surface area contributed by atoms with Crippen LogP contribution in [0, 0.1) is 0 Å². The smallest absolute Gasteiger partial charge is 0.199 e. The van der Waals surface area contributed by atoms with Crippen LogP contribution >= 0.6 is 0 Å². The van der Waals surface area contributed by atoms with Crippen molar-refractivity contribution in [3.8, 4) is 5.75 Å². The first kappa shape index (κ1) is 14.4. The molecule has 2 aromatic rings. The molecule has 2 heterocycles. The first-order valence-corrected chi connectivity index (χ1v) is 9.95. The number of fused-ring (bicyclic) bond motifs is 1. The van der Waals surface area contributed by atoms with Crippen LogP contribution in [0.5, 0.6) is 5.75 Å². The summed E-state index contributed by atoms with van der Waals surface area (Å²) in [7, 11) is 0.433. The molecule has 2 aliphatic heterocycles. The van der Waals surface area contributed by atoms with Crippen LogP contribution in [0.4, 0.5) is 0 Å². The Bertz CT molecular complexity index is 643. The van der Waals surface area contributed by atoms with E-state index in [-0.39, 0.29) is 6.29 Å². The molecule has 3 heteroatoms.